The summed E-state index contributed by atoms with van der Waals surface area (Å²) in [6, 6.07) is 9.39. The molecule has 0 saturated carbocycles. The molecule has 0 spiro atoms. The molecule has 0 unspecified atom stereocenters. The van der Waals surface area contributed by atoms with Crippen LogP contribution in [0.2, 0.25) is 0 Å². The van der Waals surface area contributed by atoms with E-state index in [4.69, 9.17) is 14.5 Å². The number of carbonyl (C=O) groups excluding carboxylic acids is 1. The molecule has 0 atom stereocenters. The molecule has 2 aliphatic heterocycles. The molecule has 2 saturated heterocycles. The summed E-state index contributed by atoms with van der Waals surface area (Å²) in [6.45, 7) is 0.371. The Labute approximate surface area is 220 Å². The van der Waals surface area contributed by atoms with Crippen molar-refractivity contribution in [2.45, 2.75) is 24.8 Å². The molecule has 39 heavy (non-hydrogen) atoms. The van der Waals surface area contributed by atoms with Crippen LogP contribution in [0.3, 0.4) is 0 Å². The molecule has 2 fully saturated rings. The molecule has 202 valence electrons. The molecule has 4 aromatic rings. The van der Waals surface area contributed by atoms with E-state index in [-0.39, 0.29) is 23.6 Å². The van der Waals surface area contributed by atoms with Gasteiger partial charge in [0.25, 0.3) is 0 Å². The SMILES string of the molecule is O=C(Nc1ccc(-c2nc(N3C4COCC3COC4)c3cnn(CC(F)(F)F)c3n2)cc1)Nc1cccnc1. The van der Waals surface area contributed by atoms with Gasteiger partial charge in [0.15, 0.2) is 11.5 Å². The molecule has 2 amide bonds. The molecule has 2 N–H and O–H groups in total. The van der Waals surface area contributed by atoms with Crippen LogP contribution in [0.4, 0.5) is 35.2 Å². The lowest BCUT2D eigenvalue weighted by molar-refractivity contribution is -0.141. The number of hydrogen-bond acceptors (Lipinski definition) is 8. The van der Waals surface area contributed by atoms with Crippen LogP contribution in [0.1, 0.15) is 0 Å². The maximum Gasteiger partial charge on any atom is 0.408 e. The van der Waals surface area contributed by atoms with Crippen LogP contribution in [0.5, 0.6) is 0 Å². The Morgan fingerprint density at radius 1 is 0.949 bits per heavy atom. The summed E-state index contributed by atoms with van der Waals surface area (Å²) in [4.78, 5) is 27.6. The monoisotopic (exact) mass is 540 g/mol. The first-order valence-electron chi connectivity index (χ1n) is 12.2. The Kier molecular flexibility index (Phi) is 6.48. The van der Waals surface area contributed by atoms with E-state index in [1.54, 1.807) is 42.6 Å². The zero-order chi connectivity index (χ0) is 27.0. The van der Waals surface area contributed by atoms with Crippen molar-refractivity contribution >= 4 is 34.3 Å². The molecular formula is C25H23F3N8O3. The number of morpholine rings is 2. The number of fused-ring (bicyclic) bond motifs is 3. The number of urea groups is 1. The minimum Gasteiger partial charge on any atom is -0.377 e. The number of ether oxygens (including phenoxy) is 2. The van der Waals surface area contributed by atoms with E-state index in [0.29, 0.717) is 54.6 Å². The maximum atomic E-state index is 13.3. The van der Waals surface area contributed by atoms with Gasteiger partial charge in [0.2, 0.25) is 0 Å². The highest BCUT2D eigenvalue weighted by atomic mass is 19.4. The quantitative estimate of drug-likeness (QED) is 0.394. The number of carbonyl (C=O) groups is 1. The van der Waals surface area contributed by atoms with Crippen molar-refractivity contribution in [1.82, 2.24) is 24.7 Å². The third-order valence-electron chi connectivity index (χ3n) is 6.40. The highest BCUT2D eigenvalue weighted by Gasteiger charge is 2.38. The molecule has 1 aromatic carbocycles. The summed E-state index contributed by atoms with van der Waals surface area (Å²) < 4.78 is 52.2. The maximum absolute atomic E-state index is 13.3. The standard InChI is InChI=1S/C25H23F3N8O3/c26-25(27,28)14-35-22-20(9-30-35)23(36-18-10-38-12-19(36)13-39-11-18)34-21(33-22)15-3-5-16(6-4-15)31-24(37)32-17-2-1-7-29-8-17/h1-9,18-19H,10-14H2,(H2,31,32,37). The van der Waals surface area contributed by atoms with E-state index in [0.717, 1.165) is 4.68 Å². The number of alkyl halides is 3. The number of benzene rings is 1. The molecule has 6 rings (SSSR count). The van der Waals surface area contributed by atoms with Crippen LogP contribution >= 0.6 is 0 Å². The van der Waals surface area contributed by atoms with Gasteiger partial charge in [-0.25, -0.2) is 19.4 Å². The minimum atomic E-state index is -4.47. The van der Waals surface area contributed by atoms with Crippen LogP contribution in [0.25, 0.3) is 22.4 Å². The Morgan fingerprint density at radius 2 is 1.64 bits per heavy atom. The Bertz CT molecular complexity index is 1460. The zero-order valence-corrected chi connectivity index (χ0v) is 20.4. The molecule has 5 heterocycles. The van der Waals surface area contributed by atoms with E-state index >= 15 is 0 Å². The number of nitrogens with one attached hydrogen (secondary N) is 2. The number of amides is 2. The van der Waals surface area contributed by atoms with E-state index in [1.807, 2.05) is 0 Å². The number of anilines is 3. The largest absolute Gasteiger partial charge is 0.408 e. The molecule has 2 aliphatic rings. The highest BCUT2D eigenvalue weighted by molar-refractivity contribution is 5.99. The first-order chi connectivity index (χ1) is 18.8. The van der Waals surface area contributed by atoms with Gasteiger partial charge in [-0.05, 0) is 36.4 Å². The first kappa shape index (κ1) is 25.0. The number of hydrogen-bond donors (Lipinski definition) is 2. The fourth-order valence-electron chi connectivity index (χ4n) is 4.73. The third-order valence-corrected chi connectivity index (χ3v) is 6.40. The summed E-state index contributed by atoms with van der Waals surface area (Å²) in [5.74, 6) is 0.723. The third kappa shape index (κ3) is 5.33. The van der Waals surface area contributed by atoms with E-state index in [9.17, 15) is 18.0 Å². The van der Waals surface area contributed by atoms with Crippen molar-refractivity contribution in [3.05, 3.63) is 55.0 Å². The molecule has 3 aromatic heterocycles. The normalized spacial score (nSPS) is 19.2. The lowest BCUT2D eigenvalue weighted by Gasteiger charge is -2.46. The van der Waals surface area contributed by atoms with Crippen LogP contribution in [-0.2, 0) is 16.0 Å². The number of rotatable bonds is 5. The Morgan fingerprint density at radius 3 is 2.28 bits per heavy atom. The lowest BCUT2D eigenvalue weighted by Crippen LogP contribution is -2.60. The number of pyridine rings is 1. The van der Waals surface area contributed by atoms with Crippen LogP contribution in [0, 0.1) is 0 Å². The molecule has 14 heteroatoms. The topological polar surface area (TPSA) is 119 Å². The number of halogens is 3. The van der Waals surface area contributed by atoms with Gasteiger partial charge in [0, 0.05) is 17.4 Å². The molecular weight excluding hydrogens is 517 g/mol. The zero-order valence-electron chi connectivity index (χ0n) is 20.4. The fraction of sp³-hybridized carbons (Fsp3) is 0.320. The predicted molar refractivity (Wildman–Crippen MR) is 135 cm³/mol. The van der Waals surface area contributed by atoms with Gasteiger partial charge >= 0.3 is 12.2 Å². The van der Waals surface area contributed by atoms with Gasteiger partial charge in [-0.15, -0.1) is 0 Å². The second kappa shape index (κ2) is 10.1. The van der Waals surface area contributed by atoms with Crippen LogP contribution < -0.4 is 15.5 Å². The summed E-state index contributed by atoms with van der Waals surface area (Å²) in [6.07, 6.45) is 0.0191. The summed E-state index contributed by atoms with van der Waals surface area (Å²) in [5, 5.41) is 9.82. The second-order valence-corrected chi connectivity index (χ2v) is 9.21. The second-order valence-electron chi connectivity index (χ2n) is 9.21. The van der Waals surface area contributed by atoms with Gasteiger partial charge in [-0.2, -0.15) is 18.3 Å². The van der Waals surface area contributed by atoms with Crippen molar-refractivity contribution in [1.29, 1.82) is 0 Å². The van der Waals surface area contributed by atoms with Gasteiger partial charge in [0.1, 0.15) is 12.4 Å². The van der Waals surface area contributed by atoms with Crippen molar-refractivity contribution < 1.29 is 27.4 Å². The van der Waals surface area contributed by atoms with Crippen LogP contribution in [0.15, 0.2) is 55.0 Å². The van der Waals surface area contributed by atoms with Crippen LogP contribution in [-0.4, -0.2) is 75.5 Å². The first-order valence-corrected chi connectivity index (χ1v) is 12.2. The molecule has 0 radical (unpaired) electrons. The van der Waals surface area contributed by atoms with Crippen molar-refractivity contribution in [3.63, 3.8) is 0 Å². The Hall–Kier alpha value is -4.30. The fourth-order valence-corrected chi connectivity index (χ4v) is 4.73. The average molecular weight is 541 g/mol. The Balaban J connectivity index is 1.33. The van der Waals surface area contributed by atoms with Gasteiger partial charge < -0.3 is 25.0 Å². The molecule has 2 bridgehead atoms. The summed E-state index contributed by atoms with van der Waals surface area (Å²) in [7, 11) is 0. The van der Waals surface area contributed by atoms with E-state index in [1.165, 1.54) is 12.4 Å². The minimum absolute atomic E-state index is 0.0795. The van der Waals surface area contributed by atoms with Crippen molar-refractivity contribution in [3.8, 4) is 11.4 Å². The van der Waals surface area contributed by atoms with Crippen molar-refractivity contribution in [2.75, 3.05) is 42.0 Å². The van der Waals surface area contributed by atoms with Gasteiger partial charge in [-0.1, -0.05) is 0 Å². The van der Waals surface area contributed by atoms with E-state index in [2.05, 4.69) is 30.6 Å². The number of aromatic nitrogens is 5. The average Bonchev–Trinajstić information content (AvgIpc) is 3.30. The van der Waals surface area contributed by atoms with E-state index < -0.39 is 18.8 Å². The summed E-state index contributed by atoms with van der Waals surface area (Å²) in [5.41, 5.74) is 1.68. The lowest BCUT2D eigenvalue weighted by atomic mass is 10.1. The van der Waals surface area contributed by atoms with Crippen molar-refractivity contribution in [2.24, 2.45) is 0 Å². The smallest absolute Gasteiger partial charge is 0.377 e. The van der Waals surface area contributed by atoms with Gasteiger partial charge in [0.05, 0.1) is 62.0 Å². The highest BCUT2D eigenvalue weighted by Crippen LogP contribution is 2.34. The molecule has 11 nitrogen and oxygen atoms in total. The van der Waals surface area contributed by atoms with Gasteiger partial charge in [-0.3, -0.25) is 4.98 Å². The molecule has 0 aliphatic carbocycles. The predicted octanol–water partition coefficient (Wildman–Crippen LogP) is 3.70. The summed E-state index contributed by atoms with van der Waals surface area (Å²) >= 11 is 0. The number of nitrogens with zero attached hydrogens (tertiary/aromatic N) is 6.